The van der Waals surface area contributed by atoms with Crippen LogP contribution in [0.15, 0.2) is 42.9 Å². The maximum atomic E-state index is 12.6. The van der Waals surface area contributed by atoms with Gasteiger partial charge in [-0.1, -0.05) is 6.07 Å². The van der Waals surface area contributed by atoms with Crippen molar-refractivity contribution in [1.29, 1.82) is 0 Å². The first kappa shape index (κ1) is 20.1. The van der Waals surface area contributed by atoms with Gasteiger partial charge in [-0.15, -0.1) is 0 Å². The maximum Gasteiger partial charge on any atom is 0.433 e. The Kier molecular flexibility index (Phi) is 4.81. The number of aromatic nitrogens is 2. The number of rotatable bonds is 5. The summed E-state index contributed by atoms with van der Waals surface area (Å²) in [7, 11) is -3.63. The van der Waals surface area contributed by atoms with E-state index in [0.717, 1.165) is 30.7 Å². The van der Waals surface area contributed by atoms with E-state index in [9.17, 15) is 21.6 Å². The second-order valence-corrected chi connectivity index (χ2v) is 9.53. The molecule has 4 rings (SSSR count). The van der Waals surface area contributed by atoms with Crippen molar-refractivity contribution < 1.29 is 25.8 Å². The van der Waals surface area contributed by atoms with E-state index in [-0.39, 0.29) is 11.3 Å². The number of hydrogen-bond acceptors (Lipinski definition) is 6. The fourth-order valence-electron chi connectivity index (χ4n) is 4.35. The third-order valence-corrected chi connectivity index (χ3v) is 6.12. The van der Waals surface area contributed by atoms with Crippen molar-refractivity contribution in [2.45, 2.75) is 25.1 Å². The van der Waals surface area contributed by atoms with E-state index in [0.29, 0.717) is 18.8 Å². The van der Waals surface area contributed by atoms with Gasteiger partial charge in [-0.2, -0.15) is 21.6 Å². The van der Waals surface area contributed by atoms with Crippen LogP contribution < -0.4 is 4.90 Å². The third kappa shape index (κ3) is 4.23. The molecule has 0 amide bonds. The number of alkyl halides is 3. The Bertz CT molecular complexity index is 967. The zero-order valence-electron chi connectivity index (χ0n) is 15.6. The van der Waals surface area contributed by atoms with Crippen LogP contribution in [0, 0.1) is 11.3 Å². The number of hydrogen-bond donors (Lipinski definition) is 0. The molecule has 2 fully saturated rings. The van der Waals surface area contributed by atoms with E-state index < -0.39 is 28.1 Å². The fourth-order valence-corrected chi connectivity index (χ4v) is 5.00. The molecule has 0 radical (unpaired) electrons. The van der Waals surface area contributed by atoms with Crippen LogP contribution >= 0.6 is 0 Å². The average Bonchev–Trinajstić information content (AvgIpc) is 2.58. The van der Waals surface area contributed by atoms with Crippen LogP contribution in [-0.2, 0) is 20.5 Å². The van der Waals surface area contributed by atoms with Crippen LogP contribution in [0.1, 0.15) is 30.2 Å². The van der Waals surface area contributed by atoms with Gasteiger partial charge in [0, 0.05) is 36.5 Å². The largest absolute Gasteiger partial charge is 0.433 e. The normalized spacial score (nSPS) is 20.2. The SMILES string of the molecule is CS(=O)(=O)OC(c1cccnc1)C1CC2(C1)CN(c1ccc(C(F)(F)F)nc1)C2. The molecular formula is C19H20F3N3O3S. The molecule has 1 unspecified atom stereocenters. The lowest BCUT2D eigenvalue weighted by molar-refractivity contribution is -0.141. The first-order valence-electron chi connectivity index (χ1n) is 9.11. The maximum absolute atomic E-state index is 12.6. The minimum absolute atomic E-state index is 0.0364. The number of halogens is 3. The van der Waals surface area contributed by atoms with Crippen molar-refractivity contribution in [3.63, 3.8) is 0 Å². The smallest absolute Gasteiger partial charge is 0.369 e. The first-order valence-corrected chi connectivity index (χ1v) is 10.9. The van der Waals surface area contributed by atoms with Crippen molar-refractivity contribution in [2.75, 3.05) is 24.2 Å². The quantitative estimate of drug-likeness (QED) is 0.681. The monoisotopic (exact) mass is 427 g/mol. The van der Waals surface area contributed by atoms with Crippen LogP contribution in [0.4, 0.5) is 18.9 Å². The second-order valence-electron chi connectivity index (χ2n) is 7.93. The Morgan fingerprint density at radius 2 is 1.93 bits per heavy atom. The standard InChI is InChI=1S/C19H20F3N3O3S/c1-29(26,27)28-17(13-3-2-6-23-9-13)14-7-18(8-14)11-25(12-18)15-4-5-16(24-10-15)19(20,21)22/h2-6,9-10,14,17H,7-8,11-12H2,1H3. The first-order chi connectivity index (χ1) is 13.5. The Balaban J connectivity index is 1.39. The molecule has 3 heterocycles. The van der Waals surface area contributed by atoms with Gasteiger partial charge in [0.15, 0.2) is 0 Å². The van der Waals surface area contributed by atoms with Crippen LogP contribution in [0.5, 0.6) is 0 Å². The van der Waals surface area contributed by atoms with Gasteiger partial charge in [0.05, 0.1) is 18.1 Å². The van der Waals surface area contributed by atoms with E-state index >= 15 is 0 Å². The highest BCUT2D eigenvalue weighted by atomic mass is 32.2. The van der Waals surface area contributed by atoms with Crippen molar-refractivity contribution in [1.82, 2.24) is 9.97 Å². The summed E-state index contributed by atoms with van der Waals surface area (Å²) in [6, 6.07) is 5.96. The van der Waals surface area contributed by atoms with Crippen molar-refractivity contribution in [3.8, 4) is 0 Å². The highest BCUT2D eigenvalue weighted by molar-refractivity contribution is 7.86. The molecule has 6 nitrogen and oxygen atoms in total. The molecule has 2 aromatic rings. The molecule has 29 heavy (non-hydrogen) atoms. The third-order valence-electron chi connectivity index (χ3n) is 5.57. The molecule has 1 spiro atoms. The predicted octanol–water partition coefficient (Wildman–Crippen LogP) is 3.43. The van der Waals surface area contributed by atoms with Crippen molar-refractivity contribution in [3.05, 3.63) is 54.1 Å². The molecule has 0 N–H and O–H groups in total. The minimum Gasteiger partial charge on any atom is -0.369 e. The van der Waals surface area contributed by atoms with Crippen LogP contribution in [0.25, 0.3) is 0 Å². The Morgan fingerprint density at radius 1 is 1.21 bits per heavy atom. The van der Waals surface area contributed by atoms with Crippen LogP contribution in [0.2, 0.25) is 0 Å². The van der Waals surface area contributed by atoms with Crippen molar-refractivity contribution >= 4 is 15.8 Å². The van der Waals surface area contributed by atoms with Crippen LogP contribution in [0.3, 0.4) is 0 Å². The average molecular weight is 427 g/mol. The molecule has 1 aliphatic carbocycles. The summed E-state index contributed by atoms with van der Waals surface area (Å²) in [6.07, 6.45) is 2.05. The number of pyridine rings is 2. The fraction of sp³-hybridized carbons (Fsp3) is 0.474. The summed E-state index contributed by atoms with van der Waals surface area (Å²) in [4.78, 5) is 9.55. The number of nitrogens with zero attached hydrogens (tertiary/aromatic N) is 3. The second kappa shape index (κ2) is 6.94. The summed E-state index contributed by atoms with van der Waals surface area (Å²) < 4.78 is 66.7. The minimum atomic E-state index is -4.45. The Hall–Kier alpha value is -2.20. The molecule has 0 bridgehead atoms. The van der Waals surface area contributed by atoms with Gasteiger partial charge >= 0.3 is 6.18 Å². The summed E-state index contributed by atoms with van der Waals surface area (Å²) in [6.45, 7) is 1.41. The molecule has 1 saturated heterocycles. The Labute approximate surface area is 166 Å². The molecule has 1 saturated carbocycles. The zero-order valence-corrected chi connectivity index (χ0v) is 16.4. The summed E-state index contributed by atoms with van der Waals surface area (Å²) in [5, 5.41) is 0. The van der Waals surface area contributed by atoms with Crippen LogP contribution in [-0.4, -0.2) is 37.7 Å². The van der Waals surface area contributed by atoms with E-state index in [4.69, 9.17) is 4.18 Å². The van der Waals surface area contributed by atoms with Gasteiger partial charge in [-0.05, 0) is 37.0 Å². The summed E-state index contributed by atoms with van der Waals surface area (Å²) >= 11 is 0. The van der Waals surface area contributed by atoms with Gasteiger partial charge in [0.1, 0.15) is 11.8 Å². The topological polar surface area (TPSA) is 72.4 Å². The van der Waals surface area contributed by atoms with E-state index in [1.165, 1.54) is 12.3 Å². The molecule has 2 aliphatic rings. The lowest BCUT2D eigenvalue weighted by Gasteiger charge is -2.61. The predicted molar refractivity (Wildman–Crippen MR) is 99.5 cm³/mol. The molecule has 0 aromatic carbocycles. The van der Waals surface area contributed by atoms with E-state index in [1.54, 1.807) is 24.5 Å². The molecular weight excluding hydrogens is 407 g/mol. The highest BCUT2D eigenvalue weighted by Gasteiger charge is 2.55. The van der Waals surface area contributed by atoms with Gasteiger partial charge in [0.2, 0.25) is 0 Å². The molecule has 2 aromatic heterocycles. The zero-order chi connectivity index (χ0) is 20.9. The Morgan fingerprint density at radius 3 is 2.45 bits per heavy atom. The number of anilines is 1. The molecule has 1 aliphatic heterocycles. The van der Waals surface area contributed by atoms with Gasteiger partial charge < -0.3 is 4.90 Å². The van der Waals surface area contributed by atoms with Gasteiger partial charge in [-0.25, -0.2) is 4.98 Å². The van der Waals surface area contributed by atoms with E-state index in [2.05, 4.69) is 9.97 Å². The highest BCUT2D eigenvalue weighted by Crippen LogP contribution is 2.57. The molecule has 10 heteroatoms. The van der Waals surface area contributed by atoms with E-state index in [1.807, 2.05) is 4.90 Å². The van der Waals surface area contributed by atoms with Crippen molar-refractivity contribution in [2.24, 2.45) is 11.3 Å². The lowest BCUT2D eigenvalue weighted by Crippen LogP contribution is -2.63. The van der Waals surface area contributed by atoms with Gasteiger partial charge in [-0.3, -0.25) is 9.17 Å². The summed E-state index contributed by atoms with van der Waals surface area (Å²) in [5.74, 6) is 0.0433. The molecule has 156 valence electrons. The summed E-state index contributed by atoms with van der Waals surface area (Å²) in [5.41, 5.74) is 0.510. The van der Waals surface area contributed by atoms with Gasteiger partial charge in [0.25, 0.3) is 10.1 Å². The molecule has 1 atom stereocenters. The lowest BCUT2D eigenvalue weighted by atomic mass is 9.56.